The minimum Gasteiger partial charge on any atom is -0.497 e. The third-order valence-corrected chi connectivity index (χ3v) is 4.18. The third-order valence-electron chi connectivity index (χ3n) is 2.60. The summed E-state index contributed by atoms with van der Waals surface area (Å²) in [6, 6.07) is 9.32. The number of carbonyl (C=O) groups is 1. The number of hydrogen-bond donors (Lipinski definition) is 1. The molecule has 0 aliphatic heterocycles. The first-order valence-corrected chi connectivity index (χ1v) is 7.48. The Bertz CT molecular complexity index is 664. The summed E-state index contributed by atoms with van der Waals surface area (Å²) >= 11 is 5.30. The summed E-state index contributed by atoms with van der Waals surface area (Å²) in [6.45, 7) is 0. The van der Waals surface area contributed by atoms with Crippen molar-refractivity contribution in [2.45, 2.75) is 0 Å². The van der Waals surface area contributed by atoms with E-state index in [1.165, 1.54) is 25.3 Å². The fourth-order valence-electron chi connectivity index (χ4n) is 1.59. The molecule has 0 heterocycles. The van der Waals surface area contributed by atoms with E-state index in [4.69, 9.17) is 4.74 Å². The molecule has 6 heteroatoms. The number of nitrogens with one attached hydrogen (secondary N) is 1. The van der Waals surface area contributed by atoms with E-state index in [1.54, 1.807) is 18.2 Å². The Balaban J connectivity index is 2.28. The maximum Gasteiger partial charge on any atom is 0.256 e. The lowest BCUT2D eigenvalue weighted by atomic mass is 10.2. The number of benzene rings is 2. The molecule has 0 unspecified atom stereocenters. The number of anilines is 1. The molecule has 0 atom stereocenters. The molecule has 1 amide bonds. The number of rotatable bonds is 3. The van der Waals surface area contributed by atoms with E-state index < -0.39 is 0 Å². The molecule has 104 valence electrons. The van der Waals surface area contributed by atoms with Crippen LogP contribution >= 0.6 is 38.5 Å². The van der Waals surface area contributed by atoms with Crippen molar-refractivity contribution in [3.8, 4) is 5.75 Å². The summed E-state index contributed by atoms with van der Waals surface area (Å²) in [6.07, 6.45) is 0. The molecule has 2 aromatic carbocycles. The van der Waals surface area contributed by atoms with E-state index in [1.807, 2.05) is 22.6 Å². The van der Waals surface area contributed by atoms with Crippen molar-refractivity contribution in [2.75, 3.05) is 12.4 Å². The maximum absolute atomic E-state index is 13.0. The average Bonchev–Trinajstić information content (AvgIpc) is 2.42. The van der Waals surface area contributed by atoms with Crippen molar-refractivity contribution in [1.29, 1.82) is 0 Å². The number of carbonyl (C=O) groups excluding carboxylic acids is 1. The Morgan fingerprint density at radius 2 is 2.05 bits per heavy atom. The summed E-state index contributed by atoms with van der Waals surface area (Å²) < 4.78 is 19.4. The maximum atomic E-state index is 13.0. The number of halogens is 3. The first-order chi connectivity index (χ1) is 9.51. The van der Waals surface area contributed by atoms with Crippen LogP contribution in [-0.2, 0) is 0 Å². The lowest BCUT2D eigenvalue weighted by molar-refractivity contribution is 0.102. The van der Waals surface area contributed by atoms with Crippen LogP contribution in [0, 0.1) is 9.39 Å². The Morgan fingerprint density at radius 3 is 2.70 bits per heavy atom. The van der Waals surface area contributed by atoms with Gasteiger partial charge in [-0.2, -0.15) is 0 Å². The molecule has 2 aromatic rings. The van der Waals surface area contributed by atoms with E-state index in [-0.39, 0.29) is 11.7 Å². The summed E-state index contributed by atoms with van der Waals surface area (Å²) in [5.74, 6) is -0.0394. The molecule has 0 aliphatic rings. The highest BCUT2D eigenvalue weighted by atomic mass is 127. The highest BCUT2D eigenvalue weighted by molar-refractivity contribution is 14.1. The van der Waals surface area contributed by atoms with Crippen molar-refractivity contribution < 1.29 is 13.9 Å². The number of ether oxygens (including phenoxy) is 1. The number of hydrogen-bond acceptors (Lipinski definition) is 2. The molecule has 0 saturated heterocycles. The largest absolute Gasteiger partial charge is 0.497 e. The van der Waals surface area contributed by atoms with Crippen molar-refractivity contribution in [3.05, 3.63) is 55.8 Å². The molecule has 3 nitrogen and oxygen atoms in total. The second kappa shape index (κ2) is 6.53. The van der Waals surface area contributed by atoms with Crippen LogP contribution in [0.5, 0.6) is 5.75 Å². The zero-order chi connectivity index (χ0) is 14.7. The Labute approximate surface area is 137 Å². The molecule has 1 N–H and O–H groups in total. The van der Waals surface area contributed by atoms with Gasteiger partial charge in [0.25, 0.3) is 5.91 Å². The minimum atomic E-state index is -0.338. The fraction of sp³-hybridized carbons (Fsp3) is 0.0714. The smallest absolute Gasteiger partial charge is 0.256 e. The topological polar surface area (TPSA) is 38.3 Å². The molecule has 0 aliphatic carbocycles. The van der Waals surface area contributed by atoms with Gasteiger partial charge in [-0.15, -0.1) is 0 Å². The first kappa shape index (κ1) is 15.2. The van der Waals surface area contributed by atoms with Gasteiger partial charge in [-0.1, -0.05) is 0 Å². The Kier molecular flexibility index (Phi) is 4.98. The van der Waals surface area contributed by atoms with Crippen molar-refractivity contribution in [3.63, 3.8) is 0 Å². The molecule has 20 heavy (non-hydrogen) atoms. The zero-order valence-corrected chi connectivity index (χ0v) is 14.2. The molecule has 0 bridgehead atoms. The quantitative estimate of drug-likeness (QED) is 0.703. The van der Waals surface area contributed by atoms with Gasteiger partial charge in [-0.25, -0.2) is 4.39 Å². The highest BCUT2D eigenvalue weighted by Crippen LogP contribution is 2.25. The molecule has 0 spiro atoms. The van der Waals surface area contributed by atoms with E-state index in [2.05, 4.69) is 21.2 Å². The van der Waals surface area contributed by atoms with Crippen LogP contribution in [-0.4, -0.2) is 13.0 Å². The lowest BCUT2D eigenvalue weighted by Gasteiger charge is -2.10. The second-order valence-corrected chi connectivity index (χ2v) is 5.94. The summed E-state index contributed by atoms with van der Waals surface area (Å²) in [5.41, 5.74) is 1.01. The normalized spacial score (nSPS) is 10.2. The molecular weight excluding hydrogens is 440 g/mol. The number of amides is 1. The molecule has 0 aromatic heterocycles. The van der Waals surface area contributed by atoms with Gasteiger partial charge >= 0.3 is 0 Å². The van der Waals surface area contributed by atoms with Crippen LogP contribution in [0.15, 0.2) is 40.9 Å². The van der Waals surface area contributed by atoms with Crippen LogP contribution in [0.25, 0.3) is 0 Å². The van der Waals surface area contributed by atoms with Gasteiger partial charge in [-0.05, 0) is 74.9 Å². The van der Waals surface area contributed by atoms with E-state index in [0.29, 0.717) is 25.0 Å². The highest BCUT2D eigenvalue weighted by Gasteiger charge is 2.13. The van der Waals surface area contributed by atoms with Crippen molar-refractivity contribution in [1.82, 2.24) is 0 Å². The third kappa shape index (κ3) is 3.49. The zero-order valence-electron chi connectivity index (χ0n) is 10.4. The van der Waals surface area contributed by atoms with Gasteiger partial charge in [0.1, 0.15) is 11.6 Å². The fourth-order valence-corrected chi connectivity index (χ4v) is 2.62. The van der Waals surface area contributed by atoms with Gasteiger partial charge in [0, 0.05) is 8.04 Å². The van der Waals surface area contributed by atoms with E-state index in [9.17, 15) is 9.18 Å². The van der Waals surface area contributed by atoms with Gasteiger partial charge in [-0.3, -0.25) is 4.79 Å². The molecule has 0 fully saturated rings. The Morgan fingerprint density at radius 1 is 1.30 bits per heavy atom. The van der Waals surface area contributed by atoms with Gasteiger partial charge in [0.2, 0.25) is 0 Å². The predicted molar refractivity (Wildman–Crippen MR) is 87.8 cm³/mol. The van der Waals surface area contributed by atoms with Crippen molar-refractivity contribution in [2.24, 2.45) is 0 Å². The minimum absolute atomic E-state index is 0.291. The van der Waals surface area contributed by atoms with Crippen LogP contribution in [0.2, 0.25) is 0 Å². The second-order valence-electron chi connectivity index (χ2n) is 3.92. The first-order valence-electron chi connectivity index (χ1n) is 5.61. The molecular formula is C14H10BrFINO2. The van der Waals surface area contributed by atoms with Crippen LogP contribution in [0.1, 0.15) is 10.4 Å². The van der Waals surface area contributed by atoms with Gasteiger partial charge in [0.15, 0.2) is 0 Å². The monoisotopic (exact) mass is 449 g/mol. The van der Waals surface area contributed by atoms with E-state index in [0.717, 1.165) is 0 Å². The lowest BCUT2D eigenvalue weighted by Crippen LogP contribution is -2.13. The van der Waals surface area contributed by atoms with Crippen LogP contribution in [0.3, 0.4) is 0 Å². The number of methoxy groups -OCH3 is 1. The standard InChI is InChI=1S/C14H10BrFINO2/c1-20-9-3-4-11(15)10(7-9)14(19)18-13-5-2-8(16)6-12(13)17/h2-7H,1H3,(H,18,19). The van der Waals surface area contributed by atoms with Gasteiger partial charge < -0.3 is 10.1 Å². The van der Waals surface area contributed by atoms with Gasteiger partial charge in [0.05, 0.1) is 18.4 Å². The molecule has 0 saturated carbocycles. The summed E-state index contributed by atoms with van der Waals surface area (Å²) in [4.78, 5) is 12.2. The molecule has 0 radical (unpaired) electrons. The average molecular weight is 450 g/mol. The Hall–Kier alpha value is -1.15. The van der Waals surface area contributed by atoms with E-state index >= 15 is 0 Å². The summed E-state index contributed by atoms with van der Waals surface area (Å²) in [5, 5.41) is 2.75. The molecule has 2 rings (SSSR count). The van der Waals surface area contributed by atoms with Crippen molar-refractivity contribution >= 4 is 50.1 Å². The van der Waals surface area contributed by atoms with Crippen LogP contribution in [0.4, 0.5) is 10.1 Å². The SMILES string of the molecule is COc1ccc(Br)c(C(=O)Nc2ccc(F)cc2I)c1. The summed E-state index contributed by atoms with van der Waals surface area (Å²) in [7, 11) is 1.54. The van der Waals surface area contributed by atoms with Crippen LogP contribution < -0.4 is 10.1 Å². The predicted octanol–water partition coefficient (Wildman–Crippen LogP) is 4.45.